The lowest BCUT2D eigenvalue weighted by Crippen LogP contribution is -2.32. The molecule has 84 valence electrons. The van der Waals surface area contributed by atoms with Crippen molar-refractivity contribution < 1.29 is 9.53 Å². The van der Waals surface area contributed by atoms with Crippen molar-refractivity contribution in [1.29, 1.82) is 0 Å². The van der Waals surface area contributed by atoms with Crippen molar-refractivity contribution in [2.75, 3.05) is 0 Å². The van der Waals surface area contributed by atoms with Crippen LogP contribution in [0.2, 0.25) is 0 Å². The molecule has 0 spiro atoms. The van der Waals surface area contributed by atoms with Crippen LogP contribution in [0, 0.1) is 3.70 Å². The van der Waals surface area contributed by atoms with Gasteiger partial charge in [-0.3, -0.25) is 0 Å². The average molecular weight is 323 g/mol. The number of nitrogens with zero attached hydrogens (tertiary/aromatic N) is 1. The number of imidazole rings is 1. The van der Waals surface area contributed by atoms with Gasteiger partial charge in [-0.05, 0) is 43.4 Å². The van der Waals surface area contributed by atoms with Crippen LogP contribution in [0.4, 0.5) is 4.79 Å². The Labute approximate surface area is 102 Å². The fourth-order valence-corrected chi connectivity index (χ4v) is 1.35. The maximum Gasteiger partial charge on any atom is 0.408 e. The smallest absolute Gasteiger partial charge is 0.408 e. The molecule has 1 aromatic heterocycles. The second-order valence-electron chi connectivity index (χ2n) is 4.03. The van der Waals surface area contributed by atoms with E-state index in [1.165, 1.54) is 0 Å². The molecule has 2 N–H and O–H groups in total. The number of ether oxygens (including phenoxy) is 1. The SMILES string of the molecule is CC(C)(C)OC(=O)NCc1ncc(I)[nH]1. The average Bonchev–Trinajstić information content (AvgIpc) is 2.45. The van der Waals surface area contributed by atoms with Crippen LogP contribution in [-0.4, -0.2) is 21.7 Å². The molecule has 5 nitrogen and oxygen atoms in total. The summed E-state index contributed by atoms with van der Waals surface area (Å²) < 4.78 is 6.01. The van der Waals surface area contributed by atoms with E-state index < -0.39 is 11.7 Å². The highest BCUT2D eigenvalue weighted by Crippen LogP contribution is 2.06. The van der Waals surface area contributed by atoms with Crippen LogP contribution >= 0.6 is 22.6 Å². The molecule has 0 aromatic carbocycles. The summed E-state index contributed by atoms with van der Waals surface area (Å²) in [6.07, 6.45) is 1.26. The van der Waals surface area contributed by atoms with E-state index in [9.17, 15) is 4.79 Å². The molecule has 0 unspecified atom stereocenters. The van der Waals surface area contributed by atoms with Crippen LogP contribution in [0.1, 0.15) is 26.6 Å². The number of nitrogens with one attached hydrogen (secondary N) is 2. The topological polar surface area (TPSA) is 67.0 Å². The van der Waals surface area contributed by atoms with E-state index in [1.807, 2.05) is 20.8 Å². The van der Waals surface area contributed by atoms with Crippen molar-refractivity contribution in [2.24, 2.45) is 0 Å². The lowest BCUT2D eigenvalue weighted by molar-refractivity contribution is 0.0522. The number of halogens is 1. The molecule has 15 heavy (non-hydrogen) atoms. The van der Waals surface area contributed by atoms with Gasteiger partial charge in [0.05, 0.1) is 16.4 Å². The summed E-state index contributed by atoms with van der Waals surface area (Å²) in [5, 5.41) is 2.61. The van der Waals surface area contributed by atoms with E-state index in [4.69, 9.17) is 4.74 Å². The van der Waals surface area contributed by atoms with Gasteiger partial charge in [0.1, 0.15) is 11.4 Å². The molecule has 0 aliphatic carbocycles. The van der Waals surface area contributed by atoms with E-state index >= 15 is 0 Å². The first kappa shape index (κ1) is 12.3. The summed E-state index contributed by atoms with van der Waals surface area (Å²) in [4.78, 5) is 18.3. The highest BCUT2D eigenvalue weighted by atomic mass is 127. The first-order valence-corrected chi connectivity index (χ1v) is 5.61. The second-order valence-corrected chi connectivity index (χ2v) is 5.20. The van der Waals surface area contributed by atoms with E-state index in [-0.39, 0.29) is 0 Å². The summed E-state index contributed by atoms with van der Waals surface area (Å²) in [5.41, 5.74) is -0.471. The van der Waals surface area contributed by atoms with Gasteiger partial charge >= 0.3 is 6.09 Å². The third kappa shape index (κ3) is 5.01. The maximum absolute atomic E-state index is 11.3. The van der Waals surface area contributed by atoms with E-state index in [1.54, 1.807) is 6.20 Å². The number of alkyl carbamates (subject to hydrolysis) is 1. The standard InChI is InChI=1S/C9H14IN3O2/c1-9(2,3)15-8(14)12-5-7-11-4-6(10)13-7/h4H,5H2,1-3H3,(H,11,13)(H,12,14). The Morgan fingerprint density at radius 3 is 2.80 bits per heavy atom. The summed E-state index contributed by atoms with van der Waals surface area (Å²) in [7, 11) is 0. The van der Waals surface area contributed by atoms with Crippen molar-refractivity contribution in [1.82, 2.24) is 15.3 Å². The minimum absolute atomic E-state index is 0.345. The molecular formula is C9H14IN3O2. The normalized spacial score (nSPS) is 11.2. The number of carbonyl (C=O) groups excluding carboxylic acids is 1. The highest BCUT2D eigenvalue weighted by Gasteiger charge is 2.15. The monoisotopic (exact) mass is 323 g/mol. The van der Waals surface area contributed by atoms with Crippen molar-refractivity contribution in [2.45, 2.75) is 32.9 Å². The molecule has 0 aliphatic rings. The zero-order valence-electron chi connectivity index (χ0n) is 8.93. The minimum Gasteiger partial charge on any atom is -0.444 e. The Morgan fingerprint density at radius 1 is 1.67 bits per heavy atom. The Kier molecular flexibility index (Phi) is 3.95. The number of aromatic amines is 1. The fraction of sp³-hybridized carbons (Fsp3) is 0.556. The maximum atomic E-state index is 11.3. The molecule has 0 saturated carbocycles. The molecular weight excluding hydrogens is 309 g/mol. The Hall–Kier alpha value is -0.790. The molecule has 0 radical (unpaired) electrons. The predicted octanol–water partition coefficient (Wildman–Crippen LogP) is 2.04. The summed E-state index contributed by atoms with van der Waals surface area (Å²) in [6, 6.07) is 0. The van der Waals surface area contributed by atoms with Crippen molar-refractivity contribution in [3.05, 3.63) is 15.7 Å². The molecule has 0 atom stereocenters. The zero-order chi connectivity index (χ0) is 11.5. The first-order valence-electron chi connectivity index (χ1n) is 4.53. The molecule has 0 bridgehead atoms. The van der Waals surface area contributed by atoms with Gasteiger partial charge in [-0.25, -0.2) is 9.78 Å². The van der Waals surface area contributed by atoms with Gasteiger partial charge in [-0.2, -0.15) is 0 Å². The highest BCUT2D eigenvalue weighted by molar-refractivity contribution is 14.1. The van der Waals surface area contributed by atoms with Crippen LogP contribution in [0.5, 0.6) is 0 Å². The van der Waals surface area contributed by atoms with Gasteiger partial charge in [0.15, 0.2) is 0 Å². The van der Waals surface area contributed by atoms with Crippen LogP contribution in [-0.2, 0) is 11.3 Å². The van der Waals surface area contributed by atoms with Gasteiger partial charge < -0.3 is 15.0 Å². The van der Waals surface area contributed by atoms with Crippen molar-refractivity contribution in [3.8, 4) is 0 Å². The fourth-order valence-electron chi connectivity index (χ4n) is 0.897. The van der Waals surface area contributed by atoms with Crippen molar-refractivity contribution in [3.63, 3.8) is 0 Å². The Morgan fingerprint density at radius 2 is 2.33 bits per heavy atom. The number of aromatic nitrogens is 2. The first-order chi connectivity index (χ1) is 6.87. The quantitative estimate of drug-likeness (QED) is 0.819. The van der Waals surface area contributed by atoms with Crippen LogP contribution < -0.4 is 5.32 Å². The third-order valence-electron chi connectivity index (χ3n) is 1.40. The number of amides is 1. The van der Waals surface area contributed by atoms with Gasteiger partial charge in [0, 0.05) is 0 Å². The molecule has 1 heterocycles. The molecule has 0 aliphatic heterocycles. The molecule has 1 aromatic rings. The predicted molar refractivity (Wildman–Crippen MR) is 64.4 cm³/mol. The van der Waals surface area contributed by atoms with Gasteiger partial charge in [0.25, 0.3) is 0 Å². The Balaban J connectivity index is 2.35. The van der Waals surface area contributed by atoms with E-state index in [0.717, 1.165) is 3.70 Å². The number of carbonyl (C=O) groups is 1. The molecule has 1 amide bonds. The molecule has 6 heteroatoms. The number of H-pyrrole nitrogens is 1. The lowest BCUT2D eigenvalue weighted by atomic mass is 10.2. The number of rotatable bonds is 2. The largest absolute Gasteiger partial charge is 0.444 e. The van der Waals surface area contributed by atoms with Gasteiger partial charge in [-0.15, -0.1) is 0 Å². The van der Waals surface area contributed by atoms with E-state index in [2.05, 4.69) is 37.9 Å². The van der Waals surface area contributed by atoms with Crippen LogP contribution in [0.15, 0.2) is 6.20 Å². The summed E-state index contributed by atoms with van der Waals surface area (Å²) >= 11 is 2.12. The van der Waals surface area contributed by atoms with Gasteiger partial charge in [0.2, 0.25) is 0 Å². The molecule has 1 rings (SSSR count). The second kappa shape index (κ2) is 4.82. The number of hydrogen-bond donors (Lipinski definition) is 2. The summed E-state index contributed by atoms with van der Waals surface area (Å²) in [6.45, 7) is 5.81. The zero-order valence-corrected chi connectivity index (χ0v) is 11.1. The summed E-state index contributed by atoms with van der Waals surface area (Å²) in [5.74, 6) is 0.713. The van der Waals surface area contributed by atoms with Crippen LogP contribution in [0.3, 0.4) is 0 Å². The van der Waals surface area contributed by atoms with Crippen molar-refractivity contribution >= 4 is 28.7 Å². The lowest BCUT2D eigenvalue weighted by Gasteiger charge is -2.19. The van der Waals surface area contributed by atoms with Gasteiger partial charge in [-0.1, -0.05) is 0 Å². The third-order valence-corrected chi connectivity index (χ3v) is 1.94. The number of hydrogen-bond acceptors (Lipinski definition) is 3. The molecule has 0 fully saturated rings. The van der Waals surface area contributed by atoms with Crippen LogP contribution in [0.25, 0.3) is 0 Å². The Bertz CT molecular complexity index is 343. The van der Waals surface area contributed by atoms with E-state index in [0.29, 0.717) is 12.4 Å². The minimum atomic E-state index is -0.471. The molecule has 0 saturated heterocycles.